The molecule has 0 spiro atoms. The lowest BCUT2D eigenvalue weighted by molar-refractivity contribution is -0.152. The van der Waals surface area contributed by atoms with Crippen molar-refractivity contribution in [2.75, 3.05) is 7.11 Å². The van der Waals surface area contributed by atoms with Gasteiger partial charge in [-0.25, -0.2) is 14.6 Å². The molecule has 0 atom stereocenters. The van der Waals surface area contributed by atoms with E-state index in [0.717, 1.165) is 32.1 Å². The molecular formula is C24H37N5O5. The quantitative estimate of drug-likeness (QED) is 0.507. The second-order valence-electron chi connectivity index (χ2n) is 9.65. The number of rotatable bonds is 10. The van der Waals surface area contributed by atoms with Crippen molar-refractivity contribution in [3.8, 4) is 0 Å². The number of amides is 1. The average Bonchev–Trinajstić information content (AvgIpc) is 3.15. The Kier molecular flexibility index (Phi) is 8.33. The highest BCUT2D eigenvalue weighted by molar-refractivity contribution is 5.88. The van der Waals surface area contributed by atoms with Crippen LogP contribution in [0.15, 0.2) is 9.59 Å². The number of aryl methyl sites for hydroxylation is 2. The zero-order valence-electron chi connectivity index (χ0n) is 20.7. The molecule has 0 saturated heterocycles. The SMILES string of the molecule is CCCCn1c(=O)[nH]c(=O)c2c1nc(CCC(=O)NC1(C(=O)OC)CCCCC1)n2CC(C)C. The number of nitrogens with one attached hydrogen (secondary N) is 2. The maximum atomic E-state index is 12.9. The number of imidazole rings is 1. The van der Waals surface area contributed by atoms with Gasteiger partial charge in [-0.05, 0) is 25.2 Å². The normalized spacial score (nSPS) is 15.6. The molecule has 2 aromatic heterocycles. The largest absolute Gasteiger partial charge is 0.467 e. The van der Waals surface area contributed by atoms with E-state index < -0.39 is 22.8 Å². The van der Waals surface area contributed by atoms with E-state index in [1.807, 2.05) is 25.3 Å². The summed E-state index contributed by atoms with van der Waals surface area (Å²) in [5.74, 6) is 0.146. The molecule has 2 aromatic rings. The minimum Gasteiger partial charge on any atom is -0.467 e. The van der Waals surface area contributed by atoms with E-state index >= 15 is 0 Å². The summed E-state index contributed by atoms with van der Waals surface area (Å²) in [6.45, 7) is 7.10. The Morgan fingerprint density at radius 3 is 2.50 bits per heavy atom. The van der Waals surface area contributed by atoms with Crippen molar-refractivity contribution in [3.63, 3.8) is 0 Å². The molecule has 1 saturated carbocycles. The summed E-state index contributed by atoms with van der Waals surface area (Å²) < 4.78 is 8.32. The Morgan fingerprint density at radius 2 is 1.88 bits per heavy atom. The van der Waals surface area contributed by atoms with Crippen molar-refractivity contribution in [1.29, 1.82) is 0 Å². The van der Waals surface area contributed by atoms with Crippen LogP contribution in [0.3, 0.4) is 0 Å². The molecule has 1 amide bonds. The first-order valence-corrected chi connectivity index (χ1v) is 12.3. The van der Waals surface area contributed by atoms with Crippen LogP contribution >= 0.6 is 0 Å². The number of fused-ring (bicyclic) bond motifs is 1. The Hall–Kier alpha value is -2.91. The zero-order chi connectivity index (χ0) is 24.9. The van der Waals surface area contributed by atoms with E-state index in [4.69, 9.17) is 4.74 Å². The number of aromatic nitrogens is 4. The molecule has 2 N–H and O–H groups in total. The van der Waals surface area contributed by atoms with Gasteiger partial charge in [0.05, 0.1) is 7.11 Å². The first-order chi connectivity index (χ1) is 16.2. The van der Waals surface area contributed by atoms with Crippen molar-refractivity contribution < 1.29 is 14.3 Å². The summed E-state index contributed by atoms with van der Waals surface area (Å²) in [6.07, 6.45) is 5.95. The van der Waals surface area contributed by atoms with Crippen LogP contribution in [0, 0.1) is 5.92 Å². The Labute approximate surface area is 199 Å². The van der Waals surface area contributed by atoms with Crippen LogP contribution in [0.5, 0.6) is 0 Å². The minimum absolute atomic E-state index is 0.108. The van der Waals surface area contributed by atoms with Crippen LogP contribution in [0.25, 0.3) is 11.2 Å². The third kappa shape index (κ3) is 5.42. The second kappa shape index (κ2) is 11.0. The van der Waals surface area contributed by atoms with Crippen molar-refractivity contribution in [3.05, 3.63) is 26.7 Å². The maximum absolute atomic E-state index is 12.9. The number of ether oxygens (including phenoxy) is 1. The number of unbranched alkanes of at least 4 members (excludes halogenated alkanes) is 1. The zero-order valence-corrected chi connectivity index (χ0v) is 20.7. The predicted molar refractivity (Wildman–Crippen MR) is 129 cm³/mol. The molecule has 1 aliphatic carbocycles. The summed E-state index contributed by atoms with van der Waals surface area (Å²) in [7, 11) is 1.34. The van der Waals surface area contributed by atoms with Gasteiger partial charge in [-0.1, -0.05) is 46.5 Å². The van der Waals surface area contributed by atoms with Crippen molar-refractivity contribution in [2.24, 2.45) is 5.92 Å². The van der Waals surface area contributed by atoms with Crippen LogP contribution in [0.1, 0.15) is 78.0 Å². The third-order valence-corrected chi connectivity index (χ3v) is 6.49. The molecule has 0 aliphatic heterocycles. The highest BCUT2D eigenvalue weighted by Crippen LogP contribution is 2.29. The highest BCUT2D eigenvalue weighted by atomic mass is 16.5. The topological polar surface area (TPSA) is 128 Å². The molecule has 3 rings (SSSR count). The van der Waals surface area contributed by atoms with Crippen molar-refractivity contribution in [1.82, 2.24) is 24.4 Å². The van der Waals surface area contributed by atoms with Crippen LogP contribution in [-0.2, 0) is 33.8 Å². The smallest absolute Gasteiger partial charge is 0.331 e. The Bertz CT molecular complexity index is 1140. The number of H-pyrrole nitrogens is 1. The molecule has 34 heavy (non-hydrogen) atoms. The molecule has 2 heterocycles. The van der Waals surface area contributed by atoms with Gasteiger partial charge < -0.3 is 14.6 Å². The molecule has 0 bridgehead atoms. The van der Waals surface area contributed by atoms with Crippen LogP contribution in [0.4, 0.5) is 0 Å². The molecule has 1 fully saturated rings. The molecule has 10 nitrogen and oxygen atoms in total. The Balaban J connectivity index is 1.90. The van der Waals surface area contributed by atoms with Gasteiger partial charge in [0.15, 0.2) is 11.2 Å². The molecular weight excluding hydrogens is 438 g/mol. The number of aromatic amines is 1. The summed E-state index contributed by atoms with van der Waals surface area (Å²) >= 11 is 0. The highest BCUT2D eigenvalue weighted by Gasteiger charge is 2.41. The van der Waals surface area contributed by atoms with Crippen molar-refractivity contribution in [2.45, 2.75) is 97.2 Å². The number of carbonyl (C=O) groups excluding carboxylic acids is 2. The molecule has 0 radical (unpaired) electrons. The summed E-state index contributed by atoms with van der Waals surface area (Å²) in [5, 5.41) is 2.93. The van der Waals surface area contributed by atoms with Gasteiger partial charge in [-0.2, -0.15) is 0 Å². The fraction of sp³-hybridized carbons (Fsp3) is 0.708. The van der Waals surface area contributed by atoms with Crippen LogP contribution in [-0.4, -0.2) is 43.6 Å². The summed E-state index contributed by atoms with van der Waals surface area (Å²) in [4.78, 5) is 57.7. The second-order valence-corrected chi connectivity index (χ2v) is 9.65. The molecule has 0 unspecified atom stereocenters. The molecule has 188 valence electrons. The van der Waals surface area contributed by atoms with Crippen molar-refractivity contribution >= 4 is 23.0 Å². The first kappa shape index (κ1) is 25.7. The van der Waals surface area contributed by atoms with E-state index in [1.165, 1.54) is 11.7 Å². The molecule has 1 aliphatic rings. The summed E-state index contributed by atoms with van der Waals surface area (Å²) in [6, 6.07) is 0. The lowest BCUT2D eigenvalue weighted by Crippen LogP contribution is -2.56. The minimum atomic E-state index is -0.972. The van der Waals surface area contributed by atoms with E-state index in [9.17, 15) is 19.2 Å². The summed E-state index contributed by atoms with van der Waals surface area (Å²) in [5.41, 5.74) is -1.19. The maximum Gasteiger partial charge on any atom is 0.331 e. The van der Waals surface area contributed by atoms with Crippen LogP contribution in [0.2, 0.25) is 0 Å². The van der Waals surface area contributed by atoms with Gasteiger partial charge in [0.1, 0.15) is 11.4 Å². The van der Waals surface area contributed by atoms with E-state index in [-0.39, 0.29) is 24.7 Å². The molecule has 10 heteroatoms. The average molecular weight is 476 g/mol. The number of hydrogen-bond donors (Lipinski definition) is 2. The van der Waals surface area contributed by atoms with Gasteiger partial charge in [0.25, 0.3) is 5.56 Å². The number of esters is 1. The fourth-order valence-electron chi connectivity index (χ4n) is 4.78. The van der Waals surface area contributed by atoms with Gasteiger partial charge in [-0.3, -0.25) is 19.1 Å². The lowest BCUT2D eigenvalue weighted by atomic mass is 9.81. The first-order valence-electron chi connectivity index (χ1n) is 12.3. The lowest BCUT2D eigenvalue weighted by Gasteiger charge is -2.35. The number of hydrogen-bond acceptors (Lipinski definition) is 6. The van der Waals surface area contributed by atoms with E-state index in [1.54, 1.807) is 0 Å². The van der Waals surface area contributed by atoms with Gasteiger partial charge in [-0.15, -0.1) is 0 Å². The van der Waals surface area contributed by atoms with Gasteiger partial charge >= 0.3 is 11.7 Å². The van der Waals surface area contributed by atoms with Crippen LogP contribution < -0.4 is 16.6 Å². The van der Waals surface area contributed by atoms with E-state index in [2.05, 4.69) is 15.3 Å². The number of carbonyl (C=O) groups is 2. The van der Waals surface area contributed by atoms with E-state index in [0.29, 0.717) is 42.9 Å². The van der Waals surface area contributed by atoms with Gasteiger partial charge in [0, 0.05) is 25.9 Å². The fourth-order valence-corrected chi connectivity index (χ4v) is 4.78. The predicted octanol–water partition coefficient (Wildman–Crippen LogP) is 2.27. The Morgan fingerprint density at radius 1 is 1.18 bits per heavy atom. The number of nitrogens with zero attached hydrogens (tertiary/aromatic N) is 3. The monoisotopic (exact) mass is 475 g/mol. The third-order valence-electron chi connectivity index (χ3n) is 6.49. The standard InChI is InChI=1S/C24H37N5O5/c1-5-6-14-28-20-19(21(31)26-23(28)33)29(15-16(2)3)17(25-20)10-11-18(30)27-24(22(32)34-4)12-8-7-9-13-24/h16H,5-15H2,1-4H3,(H,27,30)(H,26,31,33). The number of methoxy groups -OCH3 is 1. The van der Waals surface area contributed by atoms with Gasteiger partial charge in [0.2, 0.25) is 5.91 Å². The molecule has 0 aromatic carbocycles.